The number of phenols is 1. The highest BCUT2D eigenvalue weighted by atomic mass is 16.6. The van der Waals surface area contributed by atoms with Crippen molar-refractivity contribution in [3.63, 3.8) is 0 Å². The minimum Gasteiger partial charge on any atom is -0.508 e. The van der Waals surface area contributed by atoms with Crippen LogP contribution in [0.25, 0.3) is 0 Å². The summed E-state index contributed by atoms with van der Waals surface area (Å²) in [6, 6.07) is 7.46. The van der Waals surface area contributed by atoms with Crippen LogP contribution in [0.2, 0.25) is 0 Å². The van der Waals surface area contributed by atoms with E-state index in [0.717, 1.165) is 12.0 Å². The van der Waals surface area contributed by atoms with Gasteiger partial charge in [-0.2, -0.15) is 0 Å². The second-order valence-corrected chi connectivity index (χ2v) is 7.66. The van der Waals surface area contributed by atoms with Crippen LogP contribution in [0.5, 0.6) is 5.75 Å². The molecule has 5 nitrogen and oxygen atoms in total. The summed E-state index contributed by atoms with van der Waals surface area (Å²) in [5.41, 5.74) is 0.242. The number of aromatic hydroxyl groups is 1. The molecule has 1 amide bonds. The molecule has 5 heteroatoms. The van der Waals surface area contributed by atoms with Gasteiger partial charge in [-0.1, -0.05) is 12.1 Å². The van der Waals surface area contributed by atoms with E-state index < -0.39 is 17.2 Å². The maximum absolute atomic E-state index is 11.9. The SMILES string of the molecule is CC(Cc1ccc(O)cc1)NCC(C)(C)NC(=O)OC(C)(C)C. The zero-order valence-corrected chi connectivity index (χ0v) is 15.1. The van der Waals surface area contributed by atoms with Gasteiger partial charge in [0.1, 0.15) is 11.4 Å². The van der Waals surface area contributed by atoms with E-state index in [9.17, 15) is 9.90 Å². The molecule has 0 bridgehead atoms. The van der Waals surface area contributed by atoms with Crippen molar-refractivity contribution in [2.45, 2.75) is 65.1 Å². The summed E-state index contributed by atoms with van der Waals surface area (Å²) in [7, 11) is 0. The number of nitrogens with one attached hydrogen (secondary N) is 2. The van der Waals surface area contributed by atoms with E-state index in [4.69, 9.17) is 4.74 Å². The Hall–Kier alpha value is -1.75. The molecule has 3 N–H and O–H groups in total. The van der Waals surface area contributed by atoms with Crippen LogP contribution in [0.1, 0.15) is 47.1 Å². The van der Waals surface area contributed by atoms with Crippen molar-refractivity contribution in [2.75, 3.05) is 6.54 Å². The Balaban J connectivity index is 2.42. The number of ether oxygens (including phenoxy) is 1. The Morgan fingerprint density at radius 3 is 2.26 bits per heavy atom. The Morgan fingerprint density at radius 1 is 1.17 bits per heavy atom. The molecule has 130 valence electrons. The molecule has 0 spiro atoms. The topological polar surface area (TPSA) is 70.6 Å². The van der Waals surface area contributed by atoms with Gasteiger partial charge in [0.2, 0.25) is 0 Å². The van der Waals surface area contributed by atoms with Crippen LogP contribution in [0.3, 0.4) is 0 Å². The number of alkyl carbamates (subject to hydrolysis) is 1. The van der Waals surface area contributed by atoms with Crippen LogP contribution in [0, 0.1) is 0 Å². The Bertz CT molecular complexity index is 504. The second-order valence-electron chi connectivity index (χ2n) is 7.66. The zero-order valence-electron chi connectivity index (χ0n) is 15.1. The Morgan fingerprint density at radius 2 is 1.74 bits per heavy atom. The highest BCUT2D eigenvalue weighted by Crippen LogP contribution is 2.12. The fourth-order valence-electron chi connectivity index (χ4n) is 2.11. The van der Waals surface area contributed by atoms with Crippen LogP contribution in [-0.4, -0.2) is 34.9 Å². The molecule has 0 aliphatic rings. The summed E-state index contributed by atoms with van der Waals surface area (Å²) in [4.78, 5) is 11.9. The second kappa shape index (κ2) is 7.68. The summed E-state index contributed by atoms with van der Waals surface area (Å²) in [5.74, 6) is 0.275. The van der Waals surface area contributed by atoms with E-state index in [-0.39, 0.29) is 11.8 Å². The average Bonchev–Trinajstić information content (AvgIpc) is 2.36. The monoisotopic (exact) mass is 322 g/mol. The lowest BCUT2D eigenvalue weighted by molar-refractivity contribution is 0.0471. The number of hydrogen-bond donors (Lipinski definition) is 3. The molecule has 0 saturated heterocycles. The van der Waals surface area contributed by atoms with Gasteiger partial charge in [0.15, 0.2) is 0 Å². The van der Waals surface area contributed by atoms with Crippen molar-refractivity contribution in [1.82, 2.24) is 10.6 Å². The number of carbonyl (C=O) groups is 1. The van der Waals surface area contributed by atoms with Gasteiger partial charge < -0.3 is 20.5 Å². The van der Waals surface area contributed by atoms with Crippen molar-refractivity contribution < 1.29 is 14.6 Å². The van der Waals surface area contributed by atoms with E-state index in [1.165, 1.54) is 0 Å². The van der Waals surface area contributed by atoms with Crippen LogP contribution < -0.4 is 10.6 Å². The molecule has 1 atom stereocenters. The van der Waals surface area contributed by atoms with Crippen molar-refractivity contribution >= 4 is 6.09 Å². The molecule has 0 aliphatic heterocycles. The summed E-state index contributed by atoms with van der Waals surface area (Å²) in [5, 5.41) is 15.6. The maximum Gasteiger partial charge on any atom is 0.408 e. The molecule has 1 unspecified atom stereocenters. The Kier molecular flexibility index (Phi) is 6.45. The van der Waals surface area contributed by atoms with Gasteiger partial charge in [-0.3, -0.25) is 0 Å². The summed E-state index contributed by atoms with van der Waals surface area (Å²) in [6.45, 7) is 12.2. The minimum atomic E-state index is -0.500. The molecule has 1 aromatic carbocycles. The first kappa shape index (κ1) is 19.3. The van der Waals surface area contributed by atoms with Crippen molar-refractivity contribution in [1.29, 1.82) is 0 Å². The minimum absolute atomic E-state index is 0.249. The molecule has 1 aromatic rings. The number of amides is 1. The number of phenolic OH excluding ortho intramolecular Hbond substituents is 1. The van der Waals surface area contributed by atoms with E-state index >= 15 is 0 Å². The third kappa shape index (κ3) is 8.45. The molecule has 0 aliphatic carbocycles. The highest BCUT2D eigenvalue weighted by Gasteiger charge is 2.24. The van der Waals surface area contributed by atoms with Gasteiger partial charge in [-0.15, -0.1) is 0 Å². The number of rotatable bonds is 6. The summed E-state index contributed by atoms with van der Waals surface area (Å²) < 4.78 is 5.29. The maximum atomic E-state index is 11.9. The van der Waals surface area contributed by atoms with Gasteiger partial charge in [0.05, 0.1) is 5.54 Å². The van der Waals surface area contributed by atoms with Crippen molar-refractivity contribution in [3.05, 3.63) is 29.8 Å². The zero-order chi connectivity index (χ0) is 17.7. The van der Waals surface area contributed by atoms with E-state index in [2.05, 4.69) is 17.6 Å². The van der Waals surface area contributed by atoms with Gasteiger partial charge in [-0.05, 0) is 65.7 Å². The molecular weight excluding hydrogens is 292 g/mol. The largest absolute Gasteiger partial charge is 0.508 e. The molecule has 0 heterocycles. The predicted molar refractivity (Wildman–Crippen MR) is 92.7 cm³/mol. The van der Waals surface area contributed by atoms with Gasteiger partial charge in [0, 0.05) is 12.6 Å². The fraction of sp³-hybridized carbons (Fsp3) is 0.611. The normalized spacial score (nSPS) is 13.5. The fourth-order valence-corrected chi connectivity index (χ4v) is 2.11. The first-order valence-corrected chi connectivity index (χ1v) is 7.99. The van der Waals surface area contributed by atoms with E-state index in [1.807, 2.05) is 46.8 Å². The molecule has 1 rings (SSSR count). The smallest absolute Gasteiger partial charge is 0.408 e. The quantitative estimate of drug-likeness (QED) is 0.752. The molecular formula is C18H30N2O3. The lowest BCUT2D eigenvalue weighted by Gasteiger charge is -2.30. The van der Waals surface area contributed by atoms with Crippen LogP contribution in [0.15, 0.2) is 24.3 Å². The third-order valence-electron chi connectivity index (χ3n) is 3.21. The van der Waals surface area contributed by atoms with Crippen molar-refractivity contribution in [3.8, 4) is 5.75 Å². The Labute approximate surface area is 139 Å². The standard InChI is InChI=1S/C18H30N2O3/c1-13(11-14-7-9-15(21)10-8-14)19-12-18(5,6)20-16(22)23-17(2,3)4/h7-10,13,19,21H,11-12H2,1-6H3,(H,20,22). The van der Waals surface area contributed by atoms with E-state index in [0.29, 0.717) is 6.54 Å². The molecule has 0 saturated carbocycles. The lowest BCUT2D eigenvalue weighted by atomic mass is 10.0. The molecule has 0 radical (unpaired) electrons. The first-order valence-electron chi connectivity index (χ1n) is 7.99. The lowest BCUT2D eigenvalue weighted by Crippen LogP contribution is -2.53. The number of hydrogen-bond acceptors (Lipinski definition) is 4. The molecule has 0 aromatic heterocycles. The van der Waals surface area contributed by atoms with Crippen molar-refractivity contribution in [2.24, 2.45) is 0 Å². The first-order chi connectivity index (χ1) is 10.5. The summed E-state index contributed by atoms with van der Waals surface area (Å²) >= 11 is 0. The number of carbonyl (C=O) groups excluding carboxylic acids is 1. The van der Waals surface area contributed by atoms with Gasteiger partial charge in [0.25, 0.3) is 0 Å². The van der Waals surface area contributed by atoms with E-state index in [1.54, 1.807) is 12.1 Å². The molecule has 0 fully saturated rings. The predicted octanol–water partition coefficient (Wildman–Crippen LogP) is 3.22. The van der Waals surface area contributed by atoms with Crippen LogP contribution >= 0.6 is 0 Å². The molecule has 23 heavy (non-hydrogen) atoms. The van der Waals surface area contributed by atoms with Crippen LogP contribution in [0.4, 0.5) is 4.79 Å². The van der Waals surface area contributed by atoms with Gasteiger partial charge in [-0.25, -0.2) is 4.79 Å². The highest BCUT2D eigenvalue weighted by molar-refractivity contribution is 5.68. The average molecular weight is 322 g/mol. The third-order valence-corrected chi connectivity index (χ3v) is 3.21. The van der Waals surface area contributed by atoms with Gasteiger partial charge >= 0.3 is 6.09 Å². The summed E-state index contributed by atoms with van der Waals surface area (Å²) in [6.07, 6.45) is 0.443. The number of benzene rings is 1. The van der Waals surface area contributed by atoms with Crippen LogP contribution in [-0.2, 0) is 11.2 Å².